The third-order valence-electron chi connectivity index (χ3n) is 6.71. The zero-order chi connectivity index (χ0) is 25.4. The number of ether oxygens (including phenoxy) is 1. The summed E-state index contributed by atoms with van der Waals surface area (Å²) in [6.45, 7) is 12.3. The number of piperidine rings is 1. The van der Waals surface area contributed by atoms with Gasteiger partial charge in [-0.1, -0.05) is 32.9 Å². The number of nitrogens with one attached hydrogen (secondary N) is 1. The molecule has 188 valence electrons. The van der Waals surface area contributed by atoms with Gasteiger partial charge in [0.1, 0.15) is 17.9 Å². The van der Waals surface area contributed by atoms with Crippen LogP contribution in [0.3, 0.4) is 0 Å². The second kappa shape index (κ2) is 9.37. The first-order valence-corrected chi connectivity index (χ1v) is 12.4. The Morgan fingerprint density at radius 1 is 1.00 bits per heavy atom. The number of fused-ring (bicyclic) bond motifs is 1. The number of hydrogen-bond donors (Lipinski definition) is 1. The molecule has 0 atom stereocenters. The standard InChI is InChI=1S/C27H34N8O/c1-17-7-8-19(27(3,4)5)14-21(17)31-25-23-24(30-16-34(23)6)32-26(33-25)35-11-9-20(10-12-35)36-22-13-18(2)28-15-29-22/h7-8,13-16,20H,9-12H2,1-6H3,(H,31,32,33). The van der Waals surface area contributed by atoms with Gasteiger partial charge in [0.25, 0.3) is 0 Å². The van der Waals surface area contributed by atoms with Crippen molar-refractivity contribution in [3.05, 3.63) is 53.7 Å². The highest BCUT2D eigenvalue weighted by Crippen LogP contribution is 2.31. The Morgan fingerprint density at radius 2 is 1.78 bits per heavy atom. The SMILES string of the molecule is Cc1cc(OC2CCN(c3nc(Nc4cc(C(C)(C)C)ccc4C)c4c(ncn4C)n3)CC2)ncn1. The van der Waals surface area contributed by atoms with E-state index in [0.29, 0.717) is 17.5 Å². The molecule has 4 heterocycles. The number of aromatic nitrogens is 6. The smallest absolute Gasteiger partial charge is 0.229 e. The minimum atomic E-state index is 0.0553. The van der Waals surface area contributed by atoms with Crippen LogP contribution in [0.15, 0.2) is 36.9 Å². The van der Waals surface area contributed by atoms with E-state index in [4.69, 9.17) is 14.7 Å². The van der Waals surface area contributed by atoms with Gasteiger partial charge in [-0.3, -0.25) is 0 Å². The molecule has 0 radical (unpaired) electrons. The molecule has 5 rings (SSSR count). The number of benzene rings is 1. The summed E-state index contributed by atoms with van der Waals surface area (Å²) in [5.74, 6) is 2.08. The third-order valence-corrected chi connectivity index (χ3v) is 6.71. The van der Waals surface area contributed by atoms with Crippen molar-refractivity contribution in [3.63, 3.8) is 0 Å². The van der Waals surface area contributed by atoms with E-state index in [1.54, 1.807) is 12.7 Å². The summed E-state index contributed by atoms with van der Waals surface area (Å²) in [6, 6.07) is 8.45. The molecule has 0 unspecified atom stereocenters. The molecule has 1 aliphatic heterocycles. The lowest BCUT2D eigenvalue weighted by atomic mass is 9.86. The van der Waals surface area contributed by atoms with Gasteiger partial charge in [0.2, 0.25) is 11.8 Å². The van der Waals surface area contributed by atoms with Crippen LogP contribution in [0.25, 0.3) is 11.2 Å². The molecule has 36 heavy (non-hydrogen) atoms. The maximum absolute atomic E-state index is 6.10. The van der Waals surface area contributed by atoms with Crippen LogP contribution in [-0.2, 0) is 12.5 Å². The lowest BCUT2D eigenvalue weighted by Crippen LogP contribution is -2.39. The molecule has 0 bridgehead atoms. The summed E-state index contributed by atoms with van der Waals surface area (Å²) in [4.78, 5) is 24.9. The van der Waals surface area contributed by atoms with Crippen molar-refractivity contribution in [2.75, 3.05) is 23.3 Å². The van der Waals surface area contributed by atoms with E-state index in [0.717, 1.165) is 54.2 Å². The monoisotopic (exact) mass is 486 g/mol. The Bertz CT molecular complexity index is 1380. The van der Waals surface area contributed by atoms with Gasteiger partial charge in [0.05, 0.1) is 6.33 Å². The van der Waals surface area contributed by atoms with E-state index >= 15 is 0 Å². The molecule has 1 aromatic carbocycles. The molecular weight excluding hydrogens is 452 g/mol. The predicted octanol–water partition coefficient (Wildman–Crippen LogP) is 4.86. The van der Waals surface area contributed by atoms with Crippen molar-refractivity contribution in [2.45, 2.75) is 59.0 Å². The molecule has 1 aliphatic rings. The number of imidazole rings is 1. The van der Waals surface area contributed by atoms with Gasteiger partial charge >= 0.3 is 0 Å². The maximum Gasteiger partial charge on any atom is 0.229 e. The fourth-order valence-corrected chi connectivity index (χ4v) is 4.46. The fraction of sp³-hybridized carbons (Fsp3) is 0.444. The predicted molar refractivity (Wildman–Crippen MR) is 142 cm³/mol. The number of anilines is 3. The second-order valence-corrected chi connectivity index (χ2v) is 10.6. The first kappa shape index (κ1) is 24.0. The van der Waals surface area contributed by atoms with Crippen molar-refractivity contribution < 1.29 is 4.74 Å². The topological polar surface area (TPSA) is 93.9 Å². The average Bonchev–Trinajstić information content (AvgIpc) is 3.21. The number of aryl methyl sites for hydroxylation is 3. The van der Waals surface area contributed by atoms with Crippen LogP contribution < -0.4 is 15.0 Å². The molecule has 0 spiro atoms. The molecule has 9 heteroatoms. The Kier molecular flexibility index (Phi) is 6.24. The van der Waals surface area contributed by atoms with Crippen LogP contribution in [0.2, 0.25) is 0 Å². The van der Waals surface area contributed by atoms with Crippen molar-refractivity contribution in [2.24, 2.45) is 7.05 Å². The number of hydrogen-bond acceptors (Lipinski definition) is 8. The Labute approximate surface area is 212 Å². The lowest BCUT2D eigenvalue weighted by molar-refractivity contribution is 0.163. The Balaban J connectivity index is 1.39. The Hall–Kier alpha value is -3.75. The van der Waals surface area contributed by atoms with E-state index in [1.807, 2.05) is 24.6 Å². The molecule has 0 aliphatic carbocycles. The fourth-order valence-electron chi connectivity index (χ4n) is 4.46. The van der Waals surface area contributed by atoms with Gasteiger partial charge in [0.15, 0.2) is 11.5 Å². The molecule has 0 amide bonds. The van der Waals surface area contributed by atoms with Crippen LogP contribution >= 0.6 is 0 Å². The third kappa shape index (κ3) is 4.96. The van der Waals surface area contributed by atoms with E-state index in [9.17, 15) is 0 Å². The average molecular weight is 487 g/mol. The zero-order valence-corrected chi connectivity index (χ0v) is 21.9. The molecule has 1 N–H and O–H groups in total. The van der Waals surface area contributed by atoms with Crippen molar-refractivity contribution in [3.8, 4) is 5.88 Å². The van der Waals surface area contributed by atoms with E-state index < -0.39 is 0 Å². The van der Waals surface area contributed by atoms with Gasteiger partial charge in [-0.2, -0.15) is 9.97 Å². The highest BCUT2D eigenvalue weighted by Gasteiger charge is 2.25. The van der Waals surface area contributed by atoms with Gasteiger partial charge in [0, 0.05) is 50.4 Å². The van der Waals surface area contributed by atoms with E-state index in [2.05, 4.69) is 71.1 Å². The lowest BCUT2D eigenvalue weighted by Gasteiger charge is -2.32. The molecule has 9 nitrogen and oxygen atoms in total. The molecular formula is C27H34N8O. The maximum atomic E-state index is 6.10. The van der Waals surface area contributed by atoms with Gasteiger partial charge in [-0.25, -0.2) is 15.0 Å². The van der Waals surface area contributed by atoms with Crippen molar-refractivity contribution in [1.29, 1.82) is 0 Å². The van der Waals surface area contributed by atoms with Crippen LogP contribution in [0.5, 0.6) is 5.88 Å². The summed E-state index contributed by atoms with van der Waals surface area (Å²) >= 11 is 0. The molecule has 1 fully saturated rings. The quantitative estimate of drug-likeness (QED) is 0.427. The van der Waals surface area contributed by atoms with E-state index in [1.165, 1.54) is 5.56 Å². The normalized spacial score (nSPS) is 14.9. The van der Waals surface area contributed by atoms with Crippen LogP contribution in [-0.4, -0.2) is 48.7 Å². The van der Waals surface area contributed by atoms with Crippen LogP contribution in [0.4, 0.5) is 17.5 Å². The van der Waals surface area contributed by atoms with Gasteiger partial charge in [-0.15, -0.1) is 0 Å². The highest BCUT2D eigenvalue weighted by atomic mass is 16.5. The van der Waals surface area contributed by atoms with Crippen molar-refractivity contribution in [1.82, 2.24) is 29.5 Å². The second-order valence-electron chi connectivity index (χ2n) is 10.6. The summed E-state index contributed by atoms with van der Waals surface area (Å²) in [7, 11) is 1.97. The number of nitrogens with zero attached hydrogens (tertiary/aromatic N) is 7. The minimum absolute atomic E-state index is 0.0553. The van der Waals surface area contributed by atoms with Crippen LogP contribution in [0.1, 0.15) is 50.4 Å². The first-order chi connectivity index (χ1) is 17.2. The summed E-state index contributed by atoms with van der Waals surface area (Å²) in [6.07, 6.45) is 5.17. The van der Waals surface area contributed by atoms with Gasteiger partial charge in [-0.05, 0) is 36.5 Å². The highest BCUT2D eigenvalue weighted by molar-refractivity contribution is 5.87. The largest absolute Gasteiger partial charge is 0.474 e. The van der Waals surface area contributed by atoms with Crippen molar-refractivity contribution >= 4 is 28.6 Å². The summed E-state index contributed by atoms with van der Waals surface area (Å²) < 4.78 is 8.07. The molecule has 4 aromatic rings. The van der Waals surface area contributed by atoms with Crippen LogP contribution in [0, 0.1) is 13.8 Å². The first-order valence-electron chi connectivity index (χ1n) is 12.4. The summed E-state index contributed by atoms with van der Waals surface area (Å²) in [5, 5.41) is 3.60. The van der Waals surface area contributed by atoms with Gasteiger partial charge < -0.3 is 19.5 Å². The molecule has 0 saturated carbocycles. The molecule has 1 saturated heterocycles. The Morgan fingerprint density at radius 3 is 2.50 bits per heavy atom. The zero-order valence-electron chi connectivity index (χ0n) is 21.9. The minimum Gasteiger partial charge on any atom is -0.474 e. The molecule has 3 aromatic heterocycles. The summed E-state index contributed by atoms with van der Waals surface area (Å²) in [5.41, 5.74) is 6.00. The number of rotatable bonds is 5. The van der Waals surface area contributed by atoms with E-state index in [-0.39, 0.29) is 11.5 Å².